The van der Waals surface area contributed by atoms with Gasteiger partial charge in [-0.2, -0.15) is 4.98 Å². The van der Waals surface area contributed by atoms with E-state index in [1.54, 1.807) is 0 Å². The molecule has 1 heterocycles. The number of nitrogens with two attached hydrogens (primary N) is 1. The van der Waals surface area contributed by atoms with Crippen LogP contribution in [0.4, 0.5) is 0 Å². The van der Waals surface area contributed by atoms with E-state index in [4.69, 9.17) is 10.3 Å². The first-order valence-corrected chi connectivity index (χ1v) is 6.67. The van der Waals surface area contributed by atoms with Crippen LogP contribution < -0.4 is 5.73 Å². The van der Waals surface area contributed by atoms with Gasteiger partial charge < -0.3 is 10.3 Å². The summed E-state index contributed by atoms with van der Waals surface area (Å²) in [5.41, 5.74) is 6.67. The monoisotopic (exact) mass is 309 g/mol. The molecular formula is C13H16BrN3O. The summed E-state index contributed by atoms with van der Waals surface area (Å²) in [6, 6.07) is 8.03. The number of hydrogen-bond acceptors (Lipinski definition) is 4. The molecule has 1 aromatic heterocycles. The number of nitrogens with zero attached hydrogens (tertiary/aromatic N) is 2. The van der Waals surface area contributed by atoms with Gasteiger partial charge in [0.25, 0.3) is 0 Å². The van der Waals surface area contributed by atoms with Crippen LogP contribution in [0.2, 0.25) is 0 Å². The van der Waals surface area contributed by atoms with E-state index in [-0.39, 0.29) is 0 Å². The summed E-state index contributed by atoms with van der Waals surface area (Å²) in [7, 11) is 0. The normalized spacial score (nSPS) is 14.4. The molecule has 2 rings (SSSR count). The van der Waals surface area contributed by atoms with Crippen molar-refractivity contribution in [2.45, 2.75) is 32.2 Å². The predicted octanol–water partition coefficient (Wildman–Crippen LogP) is 3.01. The maximum atomic E-state index is 6.07. The van der Waals surface area contributed by atoms with Crippen LogP contribution in [-0.4, -0.2) is 10.1 Å². The van der Waals surface area contributed by atoms with Gasteiger partial charge in [-0.05, 0) is 31.0 Å². The Hall–Kier alpha value is -1.20. The number of aromatic nitrogens is 2. The van der Waals surface area contributed by atoms with E-state index in [1.165, 1.54) is 0 Å². The molecule has 0 aliphatic heterocycles. The lowest BCUT2D eigenvalue weighted by atomic mass is 10.00. The van der Waals surface area contributed by atoms with Crippen LogP contribution in [-0.2, 0) is 12.0 Å². The van der Waals surface area contributed by atoms with Crippen molar-refractivity contribution in [3.63, 3.8) is 0 Å². The van der Waals surface area contributed by atoms with Crippen molar-refractivity contribution in [3.05, 3.63) is 46.0 Å². The van der Waals surface area contributed by atoms with Gasteiger partial charge in [0.2, 0.25) is 5.89 Å². The van der Waals surface area contributed by atoms with Crippen LogP contribution in [0.3, 0.4) is 0 Å². The largest absolute Gasteiger partial charge is 0.339 e. The lowest BCUT2D eigenvalue weighted by Gasteiger charge is -2.16. The zero-order valence-electron chi connectivity index (χ0n) is 10.5. The highest BCUT2D eigenvalue weighted by Gasteiger charge is 2.25. The van der Waals surface area contributed by atoms with E-state index in [0.717, 1.165) is 16.5 Å². The molecule has 0 spiro atoms. The Balaban J connectivity index is 2.14. The summed E-state index contributed by atoms with van der Waals surface area (Å²) in [4.78, 5) is 4.36. The fraction of sp³-hybridized carbons (Fsp3) is 0.385. The number of halogens is 1. The van der Waals surface area contributed by atoms with Crippen molar-refractivity contribution in [2.24, 2.45) is 5.73 Å². The van der Waals surface area contributed by atoms with E-state index < -0.39 is 5.54 Å². The minimum atomic E-state index is -0.526. The number of benzene rings is 1. The highest BCUT2D eigenvalue weighted by atomic mass is 79.9. The molecule has 1 aromatic carbocycles. The van der Waals surface area contributed by atoms with Gasteiger partial charge in [-0.15, -0.1) is 0 Å². The molecule has 2 N–H and O–H groups in total. The maximum Gasteiger partial charge on any atom is 0.231 e. The Kier molecular flexibility index (Phi) is 3.82. The fourth-order valence-corrected chi connectivity index (χ4v) is 1.76. The van der Waals surface area contributed by atoms with Gasteiger partial charge >= 0.3 is 0 Å². The summed E-state index contributed by atoms with van der Waals surface area (Å²) in [5, 5.41) is 3.95. The molecule has 96 valence electrons. The molecule has 5 heteroatoms. The van der Waals surface area contributed by atoms with E-state index in [9.17, 15) is 0 Å². The first-order chi connectivity index (χ1) is 8.51. The van der Waals surface area contributed by atoms with Gasteiger partial charge in [-0.1, -0.05) is 40.1 Å². The van der Waals surface area contributed by atoms with Gasteiger partial charge in [-0.25, -0.2) is 0 Å². The van der Waals surface area contributed by atoms with Crippen LogP contribution in [0.1, 0.15) is 37.5 Å². The summed E-state index contributed by atoms with van der Waals surface area (Å²) in [6.07, 6.45) is 1.39. The Bertz CT molecular complexity index is 519. The summed E-state index contributed by atoms with van der Waals surface area (Å²) in [6.45, 7) is 3.91. The van der Waals surface area contributed by atoms with Gasteiger partial charge in [0, 0.05) is 4.47 Å². The third-order valence-electron chi connectivity index (χ3n) is 2.98. The molecular weight excluding hydrogens is 294 g/mol. The third-order valence-corrected chi connectivity index (χ3v) is 3.51. The Labute approximate surface area is 115 Å². The summed E-state index contributed by atoms with van der Waals surface area (Å²) < 4.78 is 6.29. The standard InChI is InChI=1S/C13H16BrN3O/c1-3-13(2,15)12-16-11(18-17-12)8-9-4-6-10(14)7-5-9/h4-7H,3,8,15H2,1-2H3. The molecule has 4 nitrogen and oxygen atoms in total. The molecule has 0 fully saturated rings. The van der Waals surface area contributed by atoms with E-state index in [0.29, 0.717) is 18.1 Å². The zero-order chi connectivity index (χ0) is 13.2. The first-order valence-electron chi connectivity index (χ1n) is 5.87. The van der Waals surface area contributed by atoms with Crippen LogP contribution in [0.5, 0.6) is 0 Å². The highest BCUT2D eigenvalue weighted by molar-refractivity contribution is 9.10. The Morgan fingerprint density at radius 2 is 2.00 bits per heavy atom. The molecule has 18 heavy (non-hydrogen) atoms. The van der Waals surface area contributed by atoms with Crippen molar-refractivity contribution in [3.8, 4) is 0 Å². The summed E-state index contributed by atoms with van der Waals surface area (Å²) in [5.74, 6) is 1.16. The lowest BCUT2D eigenvalue weighted by molar-refractivity contribution is 0.356. The molecule has 0 aliphatic carbocycles. The molecule has 1 atom stereocenters. The molecule has 0 amide bonds. The van der Waals surface area contributed by atoms with Crippen molar-refractivity contribution in [1.29, 1.82) is 0 Å². The zero-order valence-corrected chi connectivity index (χ0v) is 12.1. The second-order valence-corrected chi connectivity index (χ2v) is 5.50. The van der Waals surface area contributed by atoms with E-state index in [2.05, 4.69) is 26.1 Å². The maximum absolute atomic E-state index is 6.07. The van der Waals surface area contributed by atoms with Crippen LogP contribution in [0.15, 0.2) is 33.3 Å². The fourth-order valence-electron chi connectivity index (χ4n) is 1.49. The van der Waals surface area contributed by atoms with Crippen LogP contribution in [0, 0.1) is 0 Å². The van der Waals surface area contributed by atoms with Gasteiger partial charge in [-0.3, -0.25) is 0 Å². The smallest absolute Gasteiger partial charge is 0.231 e. The second kappa shape index (κ2) is 5.20. The minimum Gasteiger partial charge on any atom is -0.339 e. The molecule has 0 saturated carbocycles. The average Bonchev–Trinajstić information content (AvgIpc) is 2.81. The molecule has 0 bridgehead atoms. The van der Waals surface area contributed by atoms with Crippen LogP contribution in [0.25, 0.3) is 0 Å². The van der Waals surface area contributed by atoms with E-state index in [1.807, 2.05) is 38.1 Å². The number of hydrogen-bond donors (Lipinski definition) is 1. The lowest BCUT2D eigenvalue weighted by Crippen LogP contribution is -2.33. The molecule has 2 aromatic rings. The number of rotatable bonds is 4. The van der Waals surface area contributed by atoms with Crippen LogP contribution >= 0.6 is 15.9 Å². The molecule has 0 aliphatic rings. The average molecular weight is 310 g/mol. The summed E-state index contributed by atoms with van der Waals surface area (Å²) >= 11 is 3.40. The van der Waals surface area contributed by atoms with Crippen molar-refractivity contribution in [2.75, 3.05) is 0 Å². The first kappa shape index (κ1) is 13.2. The molecule has 0 radical (unpaired) electrons. The predicted molar refractivity (Wildman–Crippen MR) is 73.1 cm³/mol. The van der Waals surface area contributed by atoms with E-state index >= 15 is 0 Å². The van der Waals surface area contributed by atoms with Crippen molar-refractivity contribution in [1.82, 2.24) is 10.1 Å². The Morgan fingerprint density at radius 3 is 2.61 bits per heavy atom. The molecule has 0 saturated heterocycles. The molecule has 1 unspecified atom stereocenters. The van der Waals surface area contributed by atoms with Gasteiger partial charge in [0.15, 0.2) is 5.82 Å². The van der Waals surface area contributed by atoms with Gasteiger partial charge in [0.05, 0.1) is 12.0 Å². The minimum absolute atomic E-state index is 0.526. The SMILES string of the molecule is CCC(C)(N)c1noc(Cc2ccc(Br)cc2)n1. The second-order valence-electron chi connectivity index (χ2n) is 4.59. The van der Waals surface area contributed by atoms with Crippen molar-refractivity contribution >= 4 is 15.9 Å². The topological polar surface area (TPSA) is 64.9 Å². The highest BCUT2D eigenvalue weighted by Crippen LogP contribution is 2.19. The quantitative estimate of drug-likeness (QED) is 0.943. The van der Waals surface area contributed by atoms with Crippen molar-refractivity contribution < 1.29 is 4.52 Å². The third kappa shape index (κ3) is 2.97. The van der Waals surface area contributed by atoms with Gasteiger partial charge in [0.1, 0.15) is 0 Å². The Morgan fingerprint density at radius 1 is 1.33 bits per heavy atom.